The van der Waals surface area contributed by atoms with Crippen molar-refractivity contribution in [2.45, 2.75) is 13.8 Å². The molecule has 0 saturated carbocycles. The van der Waals surface area contributed by atoms with Crippen LogP contribution in [0.2, 0.25) is 0 Å². The normalized spacial score (nSPS) is 9.77. The second-order valence-corrected chi connectivity index (χ2v) is 2.98. The van der Waals surface area contributed by atoms with E-state index in [1.54, 1.807) is 6.07 Å². The standard InChI is InChI=1S/C10H14N2O/c1-4-12(3)10-6-5-9(7-13)8(2)11-10/h5-7H,4H2,1-3H3. The summed E-state index contributed by atoms with van der Waals surface area (Å²) in [5, 5.41) is 0. The highest BCUT2D eigenvalue weighted by molar-refractivity contribution is 5.76. The molecule has 0 bridgehead atoms. The third-order valence-electron chi connectivity index (χ3n) is 2.10. The molecule has 70 valence electrons. The van der Waals surface area contributed by atoms with E-state index in [9.17, 15) is 4.79 Å². The Bertz CT molecular complexity index is 310. The lowest BCUT2D eigenvalue weighted by molar-refractivity contribution is 0.112. The maximum Gasteiger partial charge on any atom is 0.151 e. The Kier molecular flexibility index (Phi) is 3.01. The summed E-state index contributed by atoms with van der Waals surface area (Å²) in [5.74, 6) is 0.908. The number of carbonyl (C=O) groups excluding carboxylic acids is 1. The molecule has 0 spiro atoms. The lowest BCUT2D eigenvalue weighted by Crippen LogP contribution is -2.17. The number of aryl methyl sites for hydroxylation is 1. The first-order valence-corrected chi connectivity index (χ1v) is 4.33. The highest BCUT2D eigenvalue weighted by Crippen LogP contribution is 2.11. The molecule has 0 fully saturated rings. The summed E-state index contributed by atoms with van der Waals surface area (Å²) in [6.45, 7) is 4.81. The van der Waals surface area contributed by atoms with E-state index in [0.717, 1.165) is 24.3 Å². The van der Waals surface area contributed by atoms with E-state index in [-0.39, 0.29) is 0 Å². The molecule has 3 heteroatoms. The van der Waals surface area contributed by atoms with Crippen LogP contribution in [-0.4, -0.2) is 24.9 Å². The Labute approximate surface area is 78.4 Å². The van der Waals surface area contributed by atoms with Crippen LogP contribution < -0.4 is 4.90 Å². The molecular weight excluding hydrogens is 164 g/mol. The average Bonchev–Trinajstić information content (AvgIpc) is 2.16. The zero-order valence-corrected chi connectivity index (χ0v) is 8.24. The Morgan fingerprint density at radius 2 is 2.23 bits per heavy atom. The Balaban J connectivity index is 3.02. The van der Waals surface area contributed by atoms with Gasteiger partial charge < -0.3 is 4.90 Å². The highest BCUT2D eigenvalue weighted by atomic mass is 16.1. The van der Waals surface area contributed by atoms with Crippen LogP contribution in [0.1, 0.15) is 23.0 Å². The van der Waals surface area contributed by atoms with Crippen molar-refractivity contribution in [3.63, 3.8) is 0 Å². The molecule has 0 saturated heterocycles. The average molecular weight is 178 g/mol. The number of hydrogen-bond acceptors (Lipinski definition) is 3. The molecule has 1 heterocycles. The first-order valence-electron chi connectivity index (χ1n) is 4.33. The third-order valence-corrected chi connectivity index (χ3v) is 2.10. The fourth-order valence-electron chi connectivity index (χ4n) is 1.06. The van der Waals surface area contributed by atoms with Crippen molar-refractivity contribution in [1.29, 1.82) is 0 Å². The highest BCUT2D eigenvalue weighted by Gasteiger charge is 2.02. The molecule has 1 aromatic heterocycles. The minimum absolute atomic E-state index is 0.660. The van der Waals surface area contributed by atoms with Crippen molar-refractivity contribution in [3.05, 3.63) is 23.4 Å². The van der Waals surface area contributed by atoms with Crippen molar-refractivity contribution >= 4 is 12.1 Å². The fourth-order valence-corrected chi connectivity index (χ4v) is 1.06. The van der Waals surface area contributed by atoms with Crippen LogP contribution in [0.4, 0.5) is 5.82 Å². The van der Waals surface area contributed by atoms with Gasteiger partial charge in [-0.25, -0.2) is 4.98 Å². The topological polar surface area (TPSA) is 33.2 Å². The predicted molar refractivity (Wildman–Crippen MR) is 53.3 cm³/mol. The van der Waals surface area contributed by atoms with E-state index in [2.05, 4.69) is 11.9 Å². The van der Waals surface area contributed by atoms with Gasteiger partial charge in [0.1, 0.15) is 5.82 Å². The van der Waals surface area contributed by atoms with Crippen molar-refractivity contribution < 1.29 is 4.79 Å². The van der Waals surface area contributed by atoms with Gasteiger partial charge in [0.2, 0.25) is 0 Å². The van der Waals surface area contributed by atoms with Crippen molar-refractivity contribution in [1.82, 2.24) is 4.98 Å². The molecule has 0 amide bonds. The van der Waals surface area contributed by atoms with Crippen molar-refractivity contribution in [2.75, 3.05) is 18.5 Å². The van der Waals surface area contributed by atoms with E-state index >= 15 is 0 Å². The number of carbonyl (C=O) groups is 1. The zero-order valence-electron chi connectivity index (χ0n) is 8.24. The maximum atomic E-state index is 10.5. The first kappa shape index (κ1) is 9.71. The van der Waals surface area contributed by atoms with Crippen LogP contribution in [0.5, 0.6) is 0 Å². The van der Waals surface area contributed by atoms with Gasteiger partial charge in [0, 0.05) is 19.2 Å². The molecular formula is C10H14N2O. The van der Waals surface area contributed by atoms with Crippen LogP contribution in [0.3, 0.4) is 0 Å². The summed E-state index contributed by atoms with van der Waals surface area (Å²) in [6.07, 6.45) is 0.831. The minimum atomic E-state index is 0.660. The summed E-state index contributed by atoms with van der Waals surface area (Å²) < 4.78 is 0. The Hall–Kier alpha value is -1.38. The Morgan fingerprint density at radius 3 is 2.69 bits per heavy atom. The van der Waals surface area contributed by atoms with Gasteiger partial charge in [0.05, 0.1) is 5.69 Å². The molecule has 13 heavy (non-hydrogen) atoms. The fraction of sp³-hybridized carbons (Fsp3) is 0.400. The van der Waals surface area contributed by atoms with Gasteiger partial charge in [-0.05, 0) is 26.0 Å². The van der Waals surface area contributed by atoms with E-state index in [0.29, 0.717) is 5.56 Å². The lowest BCUT2D eigenvalue weighted by Gasteiger charge is -2.15. The Morgan fingerprint density at radius 1 is 1.54 bits per heavy atom. The molecule has 0 aliphatic heterocycles. The molecule has 0 aliphatic rings. The summed E-state index contributed by atoms with van der Waals surface area (Å²) in [6, 6.07) is 3.66. The summed E-state index contributed by atoms with van der Waals surface area (Å²) in [7, 11) is 1.97. The molecule has 0 aliphatic carbocycles. The number of rotatable bonds is 3. The quantitative estimate of drug-likeness (QED) is 0.660. The van der Waals surface area contributed by atoms with Gasteiger partial charge in [-0.1, -0.05) is 0 Å². The molecule has 0 radical (unpaired) electrons. The maximum absolute atomic E-state index is 10.5. The first-order chi connectivity index (χ1) is 6.19. The van der Waals surface area contributed by atoms with Gasteiger partial charge in [0.25, 0.3) is 0 Å². The number of aldehydes is 1. The van der Waals surface area contributed by atoms with Gasteiger partial charge in [-0.15, -0.1) is 0 Å². The molecule has 0 aromatic carbocycles. The summed E-state index contributed by atoms with van der Waals surface area (Å²) >= 11 is 0. The summed E-state index contributed by atoms with van der Waals surface area (Å²) in [4.78, 5) is 16.9. The van der Waals surface area contributed by atoms with Crippen LogP contribution in [-0.2, 0) is 0 Å². The number of anilines is 1. The molecule has 0 unspecified atom stereocenters. The van der Waals surface area contributed by atoms with Gasteiger partial charge >= 0.3 is 0 Å². The SMILES string of the molecule is CCN(C)c1ccc(C=O)c(C)n1. The van der Waals surface area contributed by atoms with Gasteiger partial charge in [-0.3, -0.25) is 4.79 Å². The summed E-state index contributed by atoms with van der Waals surface area (Å²) in [5.41, 5.74) is 1.45. The monoisotopic (exact) mass is 178 g/mol. The van der Waals surface area contributed by atoms with E-state index in [4.69, 9.17) is 0 Å². The molecule has 1 aromatic rings. The number of hydrogen-bond donors (Lipinski definition) is 0. The van der Waals surface area contributed by atoms with E-state index in [1.807, 2.05) is 24.9 Å². The molecule has 1 rings (SSSR count). The minimum Gasteiger partial charge on any atom is -0.360 e. The number of nitrogens with zero attached hydrogens (tertiary/aromatic N) is 2. The van der Waals surface area contributed by atoms with Crippen LogP contribution >= 0.6 is 0 Å². The van der Waals surface area contributed by atoms with Crippen LogP contribution in [0, 0.1) is 6.92 Å². The second kappa shape index (κ2) is 4.03. The number of aromatic nitrogens is 1. The van der Waals surface area contributed by atoms with E-state index in [1.165, 1.54) is 0 Å². The smallest absolute Gasteiger partial charge is 0.151 e. The molecule has 3 nitrogen and oxygen atoms in total. The van der Waals surface area contributed by atoms with Crippen LogP contribution in [0.15, 0.2) is 12.1 Å². The van der Waals surface area contributed by atoms with Crippen LogP contribution in [0.25, 0.3) is 0 Å². The third kappa shape index (κ3) is 2.05. The predicted octanol–water partition coefficient (Wildman–Crippen LogP) is 1.66. The van der Waals surface area contributed by atoms with Crippen molar-refractivity contribution in [3.8, 4) is 0 Å². The lowest BCUT2D eigenvalue weighted by atomic mass is 10.2. The zero-order chi connectivity index (χ0) is 9.84. The largest absolute Gasteiger partial charge is 0.360 e. The van der Waals surface area contributed by atoms with E-state index < -0.39 is 0 Å². The van der Waals surface area contributed by atoms with Gasteiger partial charge in [0.15, 0.2) is 6.29 Å². The van der Waals surface area contributed by atoms with Crippen molar-refractivity contribution in [2.24, 2.45) is 0 Å². The number of pyridine rings is 1. The second-order valence-electron chi connectivity index (χ2n) is 2.98. The van der Waals surface area contributed by atoms with Gasteiger partial charge in [-0.2, -0.15) is 0 Å². The molecule has 0 atom stereocenters. The molecule has 0 N–H and O–H groups in total.